The molecule has 4 nitrogen and oxygen atoms in total. The van der Waals surface area contributed by atoms with Crippen molar-refractivity contribution < 1.29 is 9.59 Å². The van der Waals surface area contributed by atoms with Gasteiger partial charge in [0.1, 0.15) is 0 Å². The lowest BCUT2D eigenvalue weighted by Gasteiger charge is -2.26. The molecular weight excluding hydrogens is 312 g/mol. The Morgan fingerprint density at radius 1 is 1.12 bits per heavy atom. The van der Waals surface area contributed by atoms with E-state index in [1.165, 1.54) is 0 Å². The second-order valence-corrected chi connectivity index (χ2v) is 7.22. The second-order valence-electron chi connectivity index (χ2n) is 7.22. The normalized spacial score (nSPS) is 18.3. The molecule has 0 radical (unpaired) electrons. The van der Waals surface area contributed by atoms with E-state index in [1.54, 1.807) is 0 Å². The maximum absolute atomic E-state index is 12.7. The molecule has 2 aliphatic rings. The van der Waals surface area contributed by atoms with Crippen molar-refractivity contribution in [1.29, 1.82) is 0 Å². The van der Waals surface area contributed by atoms with Crippen molar-refractivity contribution in [1.82, 2.24) is 0 Å². The van der Waals surface area contributed by atoms with Crippen LogP contribution in [-0.4, -0.2) is 18.4 Å². The standard InChI is InChI=1S/C21H22N2O2/c1-12-7-13(2)9-16(8-12)20(24)22-17-10-15-5-4-6-23-19(15)18(11-17)14(3)21(23)25/h7-11,14H,4-6H2,1-3H3,(H,22,24). The number of nitrogens with one attached hydrogen (secondary N) is 1. The van der Waals surface area contributed by atoms with Gasteiger partial charge in [-0.05, 0) is 69.0 Å². The second kappa shape index (κ2) is 5.73. The van der Waals surface area contributed by atoms with Gasteiger partial charge >= 0.3 is 0 Å². The summed E-state index contributed by atoms with van der Waals surface area (Å²) in [6.45, 7) is 6.74. The van der Waals surface area contributed by atoms with Gasteiger partial charge in [-0.3, -0.25) is 9.59 Å². The van der Waals surface area contributed by atoms with Crippen molar-refractivity contribution >= 4 is 23.2 Å². The van der Waals surface area contributed by atoms with Crippen molar-refractivity contribution in [2.45, 2.75) is 39.5 Å². The molecule has 2 aromatic rings. The lowest BCUT2D eigenvalue weighted by Crippen LogP contribution is -2.32. The Labute approximate surface area is 147 Å². The molecule has 1 N–H and O–H groups in total. The minimum absolute atomic E-state index is 0.108. The molecule has 0 saturated heterocycles. The van der Waals surface area contributed by atoms with E-state index in [0.717, 1.165) is 53.0 Å². The minimum atomic E-state index is -0.134. The first-order valence-electron chi connectivity index (χ1n) is 8.82. The van der Waals surface area contributed by atoms with Gasteiger partial charge in [0, 0.05) is 17.8 Å². The van der Waals surface area contributed by atoms with Crippen molar-refractivity contribution in [3.8, 4) is 0 Å². The number of carbonyl (C=O) groups is 2. The van der Waals surface area contributed by atoms with Crippen LogP contribution in [0.2, 0.25) is 0 Å². The quantitative estimate of drug-likeness (QED) is 0.904. The number of hydrogen-bond acceptors (Lipinski definition) is 2. The van der Waals surface area contributed by atoms with E-state index in [0.29, 0.717) is 5.56 Å². The molecule has 25 heavy (non-hydrogen) atoms. The summed E-state index contributed by atoms with van der Waals surface area (Å²) in [5.41, 5.74) is 6.87. The maximum atomic E-state index is 12.7. The molecule has 0 aromatic heterocycles. The summed E-state index contributed by atoms with van der Waals surface area (Å²) in [4.78, 5) is 27.0. The zero-order valence-electron chi connectivity index (χ0n) is 14.8. The Bertz CT molecular complexity index is 881. The first-order valence-corrected chi connectivity index (χ1v) is 8.82. The molecule has 2 aromatic carbocycles. The van der Waals surface area contributed by atoms with E-state index in [1.807, 2.05) is 49.9 Å². The predicted molar refractivity (Wildman–Crippen MR) is 99.4 cm³/mol. The molecule has 0 fully saturated rings. The largest absolute Gasteiger partial charge is 0.322 e. The van der Waals surface area contributed by atoms with Crippen LogP contribution in [0.25, 0.3) is 0 Å². The van der Waals surface area contributed by atoms with Crippen molar-refractivity contribution in [3.63, 3.8) is 0 Å². The van der Waals surface area contributed by atoms with Gasteiger partial charge in [-0.1, -0.05) is 17.2 Å². The van der Waals surface area contributed by atoms with E-state index < -0.39 is 0 Å². The van der Waals surface area contributed by atoms with Crippen LogP contribution in [-0.2, 0) is 11.2 Å². The highest BCUT2D eigenvalue weighted by Gasteiger charge is 2.37. The molecule has 0 aliphatic carbocycles. The monoisotopic (exact) mass is 334 g/mol. The summed E-state index contributed by atoms with van der Waals surface area (Å²) in [7, 11) is 0. The summed E-state index contributed by atoms with van der Waals surface area (Å²) in [6.07, 6.45) is 1.92. The first kappa shape index (κ1) is 15.9. The molecule has 1 atom stereocenters. The Kier molecular flexibility index (Phi) is 3.64. The van der Waals surface area contributed by atoms with Gasteiger partial charge in [0.25, 0.3) is 5.91 Å². The average Bonchev–Trinajstić information content (AvgIpc) is 2.81. The molecule has 128 valence electrons. The molecule has 2 aliphatic heterocycles. The summed E-state index contributed by atoms with van der Waals surface area (Å²) in [5.74, 6) is -0.0674. The van der Waals surface area contributed by atoms with Crippen LogP contribution in [0.1, 0.15) is 51.9 Å². The van der Waals surface area contributed by atoms with E-state index in [-0.39, 0.29) is 17.7 Å². The van der Waals surface area contributed by atoms with Gasteiger partial charge in [-0.25, -0.2) is 0 Å². The topological polar surface area (TPSA) is 49.4 Å². The Hall–Kier alpha value is -2.62. The lowest BCUT2D eigenvalue weighted by molar-refractivity contribution is -0.119. The number of carbonyl (C=O) groups excluding carboxylic acids is 2. The highest BCUT2D eigenvalue weighted by molar-refractivity contribution is 6.08. The molecule has 4 heteroatoms. The van der Waals surface area contributed by atoms with E-state index in [9.17, 15) is 9.59 Å². The average molecular weight is 334 g/mol. The highest BCUT2D eigenvalue weighted by atomic mass is 16.2. The Morgan fingerprint density at radius 2 is 1.84 bits per heavy atom. The fraction of sp³-hybridized carbons (Fsp3) is 0.333. The third-order valence-electron chi connectivity index (χ3n) is 5.16. The van der Waals surface area contributed by atoms with Crippen LogP contribution in [0.3, 0.4) is 0 Å². The molecule has 2 amide bonds. The summed E-state index contributed by atoms with van der Waals surface area (Å²) < 4.78 is 0. The number of aryl methyl sites for hydroxylation is 3. The minimum Gasteiger partial charge on any atom is -0.322 e. The zero-order chi connectivity index (χ0) is 17.7. The highest BCUT2D eigenvalue weighted by Crippen LogP contribution is 2.44. The number of nitrogens with zero attached hydrogens (tertiary/aromatic N) is 1. The number of benzene rings is 2. The summed E-state index contributed by atoms with van der Waals surface area (Å²) in [5, 5.41) is 3.02. The van der Waals surface area contributed by atoms with Gasteiger partial charge < -0.3 is 10.2 Å². The summed E-state index contributed by atoms with van der Waals surface area (Å²) >= 11 is 0. The molecule has 4 rings (SSSR count). The molecule has 0 bridgehead atoms. The number of hydrogen-bond donors (Lipinski definition) is 1. The van der Waals surface area contributed by atoms with Crippen LogP contribution in [0.4, 0.5) is 11.4 Å². The van der Waals surface area contributed by atoms with Crippen LogP contribution in [0.5, 0.6) is 0 Å². The van der Waals surface area contributed by atoms with Crippen LogP contribution in [0.15, 0.2) is 30.3 Å². The van der Waals surface area contributed by atoms with Gasteiger partial charge in [0.15, 0.2) is 0 Å². The lowest BCUT2D eigenvalue weighted by atomic mass is 9.96. The number of anilines is 2. The molecule has 0 saturated carbocycles. The molecular formula is C21H22N2O2. The van der Waals surface area contributed by atoms with Gasteiger partial charge in [-0.2, -0.15) is 0 Å². The molecule has 1 unspecified atom stereocenters. The molecule has 2 heterocycles. The van der Waals surface area contributed by atoms with Crippen LogP contribution >= 0.6 is 0 Å². The fourth-order valence-corrected chi connectivity index (χ4v) is 4.08. The van der Waals surface area contributed by atoms with E-state index in [2.05, 4.69) is 11.4 Å². The molecule has 0 spiro atoms. The predicted octanol–water partition coefficient (Wildman–Crippen LogP) is 3.95. The van der Waals surface area contributed by atoms with Crippen LogP contribution < -0.4 is 10.2 Å². The third kappa shape index (κ3) is 2.62. The first-order chi connectivity index (χ1) is 11.9. The Morgan fingerprint density at radius 3 is 2.56 bits per heavy atom. The van der Waals surface area contributed by atoms with E-state index in [4.69, 9.17) is 0 Å². The van der Waals surface area contributed by atoms with Gasteiger partial charge in [0.2, 0.25) is 5.91 Å². The zero-order valence-corrected chi connectivity index (χ0v) is 14.8. The van der Waals surface area contributed by atoms with Gasteiger partial charge in [-0.15, -0.1) is 0 Å². The van der Waals surface area contributed by atoms with E-state index >= 15 is 0 Å². The van der Waals surface area contributed by atoms with Crippen molar-refractivity contribution in [2.75, 3.05) is 16.8 Å². The smallest absolute Gasteiger partial charge is 0.255 e. The SMILES string of the molecule is Cc1cc(C)cc(C(=O)Nc2cc3c4c(c2)C(C)C(=O)N4CCC3)c1. The fourth-order valence-electron chi connectivity index (χ4n) is 4.08. The van der Waals surface area contributed by atoms with Crippen LogP contribution in [0, 0.1) is 13.8 Å². The third-order valence-corrected chi connectivity index (χ3v) is 5.16. The Balaban J connectivity index is 1.69. The number of rotatable bonds is 2. The van der Waals surface area contributed by atoms with Gasteiger partial charge in [0.05, 0.1) is 11.6 Å². The maximum Gasteiger partial charge on any atom is 0.255 e. The number of amides is 2. The summed E-state index contributed by atoms with van der Waals surface area (Å²) in [6, 6.07) is 9.84. The van der Waals surface area contributed by atoms with Crippen molar-refractivity contribution in [3.05, 3.63) is 58.1 Å². The van der Waals surface area contributed by atoms with Crippen molar-refractivity contribution in [2.24, 2.45) is 0 Å².